The van der Waals surface area contributed by atoms with Crippen LogP contribution in [0.2, 0.25) is 0 Å². The molecule has 0 amide bonds. The van der Waals surface area contributed by atoms with Crippen LogP contribution in [0.25, 0.3) is 0 Å². The Hall–Kier alpha value is -1.90. The molecule has 0 saturated carbocycles. The summed E-state index contributed by atoms with van der Waals surface area (Å²) in [6.45, 7) is 3.87. The average Bonchev–Trinajstić information content (AvgIpc) is 2.61. The van der Waals surface area contributed by atoms with Crippen molar-refractivity contribution < 1.29 is 9.13 Å². The van der Waals surface area contributed by atoms with Gasteiger partial charge in [0.05, 0.1) is 13.7 Å². The molecule has 0 bridgehead atoms. The molecule has 0 aliphatic carbocycles. The number of nitrogens with one attached hydrogen (secondary N) is 2. The van der Waals surface area contributed by atoms with Gasteiger partial charge in [0.2, 0.25) is 5.88 Å². The molecule has 0 aliphatic rings. The number of benzene rings is 1. The summed E-state index contributed by atoms with van der Waals surface area (Å²) in [7, 11) is 1.59. The lowest BCUT2D eigenvalue weighted by atomic mass is 10.1. The Labute approximate surface area is 165 Å². The second-order valence-electron chi connectivity index (χ2n) is 5.17. The summed E-state index contributed by atoms with van der Waals surface area (Å²) in [5, 5.41) is 6.39. The smallest absolute Gasteiger partial charge is 0.212 e. The SMILES string of the molecule is CCNC(=NCc1ccc(OC)nc1)NCCc1ccccc1F.I. The predicted molar refractivity (Wildman–Crippen MR) is 109 cm³/mol. The van der Waals surface area contributed by atoms with Crippen molar-refractivity contribution in [3.05, 3.63) is 59.5 Å². The Bertz CT molecular complexity index is 664. The van der Waals surface area contributed by atoms with Crippen LogP contribution in [0.4, 0.5) is 4.39 Å². The Morgan fingerprint density at radius 3 is 2.64 bits per heavy atom. The summed E-state index contributed by atoms with van der Waals surface area (Å²) in [5.74, 6) is 1.10. The molecule has 0 radical (unpaired) electrons. The molecule has 0 fully saturated rings. The van der Waals surface area contributed by atoms with Crippen molar-refractivity contribution in [1.82, 2.24) is 15.6 Å². The van der Waals surface area contributed by atoms with Crippen molar-refractivity contribution in [2.75, 3.05) is 20.2 Å². The highest BCUT2D eigenvalue weighted by Crippen LogP contribution is 2.08. The first kappa shape index (κ1) is 21.1. The third kappa shape index (κ3) is 7.25. The fourth-order valence-corrected chi connectivity index (χ4v) is 2.15. The summed E-state index contributed by atoms with van der Waals surface area (Å²) < 4.78 is 18.6. The Balaban J connectivity index is 0.00000312. The number of hydrogen-bond acceptors (Lipinski definition) is 3. The van der Waals surface area contributed by atoms with Crippen LogP contribution in [0.15, 0.2) is 47.6 Å². The van der Waals surface area contributed by atoms with Crippen LogP contribution in [0, 0.1) is 5.82 Å². The van der Waals surface area contributed by atoms with E-state index in [0.29, 0.717) is 36.9 Å². The van der Waals surface area contributed by atoms with Crippen molar-refractivity contribution in [1.29, 1.82) is 0 Å². The molecular weight excluding hydrogens is 434 g/mol. The van der Waals surface area contributed by atoms with E-state index >= 15 is 0 Å². The summed E-state index contributed by atoms with van der Waals surface area (Å²) in [6, 6.07) is 10.5. The molecule has 2 rings (SSSR count). The van der Waals surface area contributed by atoms with Gasteiger partial charge in [-0.05, 0) is 30.5 Å². The molecule has 1 aromatic heterocycles. The molecule has 1 aromatic carbocycles. The van der Waals surface area contributed by atoms with Gasteiger partial charge in [-0.2, -0.15) is 0 Å². The van der Waals surface area contributed by atoms with Crippen molar-refractivity contribution in [2.24, 2.45) is 4.99 Å². The molecule has 2 N–H and O–H groups in total. The number of aliphatic imine (C=N–C) groups is 1. The standard InChI is InChI=1S/C18H23FN4O.HI/c1-3-20-18(21-11-10-15-6-4-5-7-16(15)19)23-13-14-8-9-17(24-2)22-12-14;/h4-9,12H,3,10-11,13H2,1-2H3,(H2,20,21,23);1H. The van der Waals surface area contributed by atoms with E-state index in [4.69, 9.17) is 4.74 Å². The molecular formula is C18H24FIN4O. The number of methoxy groups -OCH3 is 1. The third-order valence-electron chi connectivity index (χ3n) is 3.42. The Kier molecular flexibility index (Phi) is 9.83. The first-order chi connectivity index (χ1) is 11.7. The van der Waals surface area contributed by atoms with Crippen molar-refractivity contribution in [3.63, 3.8) is 0 Å². The van der Waals surface area contributed by atoms with E-state index in [1.165, 1.54) is 6.07 Å². The Morgan fingerprint density at radius 1 is 1.20 bits per heavy atom. The lowest BCUT2D eigenvalue weighted by molar-refractivity contribution is 0.397. The monoisotopic (exact) mass is 458 g/mol. The van der Waals surface area contributed by atoms with Gasteiger partial charge in [0.25, 0.3) is 0 Å². The minimum Gasteiger partial charge on any atom is -0.481 e. The first-order valence-electron chi connectivity index (χ1n) is 7.97. The number of halogens is 2. The van der Waals surface area contributed by atoms with Gasteiger partial charge in [0, 0.05) is 25.4 Å². The maximum Gasteiger partial charge on any atom is 0.212 e. The van der Waals surface area contributed by atoms with Gasteiger partial charge in [0.15, 0.2) is 5.96 Å². The molecule has 5 nitrogen and oxygen atoms in total. The lowest BCUT2D eigenvalue weighted by Crippen LogP contribution is -2.38. The van der Waals surface area contributed by atoms with Crippen LogP contribution in [0.1, 0.15) is 18.1 Å². The molecule has 0 atom stereocenters. The minimum absolute atomic E-state index is 0. The topological polar surface area (TPSA) is 58.5 Å². The highest BCUT2D eigenvalue weighted by molar-refractivity contribution is 14.0. The number of rotatable bonds is 7. The second kappa shape index (κ2) is 11.6. The summed E-state index contributed by atoms with van der Waals surface area (Å²) in [5.41, 5.74) is 1.68. The van der Waals surface area contributed by atoms with E-state index in [9.17, 15) is 4.39 Å². The molecule has 0 aliphatic heterocycles. The van der Waals surface area contributed by atoms with Crippen LogP contribution >= 0.6 is 24.0 Å². The van der Waals surface area contributed by atoms with Crippen LogP contribution in [0.5, 0.6) is 5.88 Å². The molecule has 0 saturated heterocycles. The fourth-order valence-electron chi connectivity index (χ4n) is 2.15. The molecule has 7 heteroatoms. The van der Waals surface area contributed by atoms with Crippen molar-refractivity contribution >= 4 is 29.9 Å². The average molecular weight is 458 g/mol. The van der Waals surface area contributed by atoms with Gasteiger partial charge >= 0.3 is 0 Å². The van der Waals surface area contributed by atoms with Gasteiger partial charge in [-0.3, -0.25) is 0 Å². The normalized spacial score (nSPS) is 10.8. The van der Waals surface area contributed by atoms with E-state index in [1.807, 2.05) is 25.1 Å². The van der Waals surface area contributed by atoms with Gasteiger partial charge < -0.3 is 15.4 Å². The van der Waals surface area contributed by atoms with E-state index < -0.39 is 0 Å². The van der Waals surface area contributed by atoms with Gasteiger partial charge in [0.1, 0.15) is 5.82 Å². The summed E-state index contributed by atoms with van der Waals surface area (Å²) in [6.07, 6.45) is 2.34. The van der Waals surface area contributed by atoms with Gasteiger partial charge in [-0.1, -0.05) is 24.3 Å². The van der Waals surface area contributed by atoms with E-state index in [0.717, 1.165) is 12.1 Å². The molecule has 2 aromatic rings. The first-order valence-corrected chi connectivity index (χ1v) is 7.97. The number of pyridine rings is 1. The molecule has 25 heavy (non-hydrogen) atoms. The molecule has 136 valence electrons. The fraction of sp³-hybridized carbons (Fsp3) is 0.333. The zero-order valence-corrected chi connectivity index (χ0v) is 16.8. The third-order valence-corrected chi connectivity index (χ3v) is 3.42. The highest BCUT2D eigenvalue weighted by atomic mass is 127. The summed E-state index contributed by atoms with van der Waals surface area (Å²) in [4.78, 5) is 8.67. The molecule has 1 heterocycles. The number of aromatic nitrogens is 1. The maximum atomic E-state index is 13.6. The van der Waals surface area contributed by atoms with Crippen LogP contribution in [-0.2, 0) is 13.0 Å². The summed E-state index contributed by atoms with van der Waals surface area (Å²) >= 11 is 0. The lowest BCUT2D eigenvalue weighted by Gasteiger charge is -2.11. The maximum absolute atomic E-state index is 13.6. The zero-order valence-electron chi connectivity index (χ0n) is 14.5. The number of ether oxygens (including phenoxy) is 1. The van der Waals surface area contributed by atoms with Crippen molar-refractivity contribution in [3.8, 4) is 5.88 Å². The number of nitrogens with zero attached hydrogens (tertiary/aromatic N) is 2. The van der Waals surface area contributed by atoms with Crippen LogP contribution in [-0.4, -0.2) is 31.1 Å². The van der Waals surface area contributed by atoms with Crippen LogP contribution < -0.4 is 15.4 Å². The van der Waals surface area contributed by atoms with Gasteiger partial charge in [-0.15, -0.1) is 24.0 Å². The molecule has 0 unspecified atom stereocenters. The van der Waals surface area contributed by atoms with E-state index in [1.54, 1.807) is 25.4 Å². The second-order valence-corrected chi connectivity index (χ2v) is 5.17. The minimum atomic E-state index is -0.175. The number of guanidine groups is 1. The number of hydrogen-bond donors (Lipinski definition) is 2. The predicted octanol–water partition coefficient (Wildman–Crippen LogP) is 3.15. The van der Waals surface area contributed by atoms with E-state index in [2.05, 4.69) is 20.6 Å². The van der Waals surface area contributed by atoms with Crippen molar-refractivity contribution in [2.45, 2.75) is 19.9 Å². The quantitative estimate of drug-likeness (QED) is 0.381. The largest absolute Gasteiger partial charge is 0.481 e. The zero-order chi connectivity index (χ0) is 17.2. The van der Waals surface area contributed by atoms with Crippen LogP contribution in [0.3, 0.4) is 0 Å². The Morgan fingerprint density at radius 2 is 2.00 bits per heavy atom. The van der Waals surface area contributed by atoms with E-state index in [-0.39, 0.29) is 29.8 Å². The van der Waals surface area contributed by atoms with Gasteiger partial charge in [-0.25, -0.2) is 14.4 Å². The molecule has 0 spiro atoms. The highest BCUT2D eigenvalue weighted by Gasteiger charge is 2.02.